The van der Waals surface area contributed by atoms with E-state index in [1.807, 2.05) is 6.07 Å². The van der Waals surface area contributed by atoms with Gasteiger partial charge in [0, 0.05) is 11.1 Å². The number of rotatable bonds is 4. The van der Waals surface area contributed by atoms with Gasteiger partial charge in [-0.1, -0.05) is 60.1 Å². The number of ketones is 1. The van der Waals surface area contributed by atoms with Gasteiger partial charge in [0.1, 0.15) is 5.82 Å². The monoisotopic (exact) mass is 353 g/mol. The minimum Gasteiger partial charge on any atom is -0.321 e. The van der Waals surface area contributed by atoms with Gasteiger partial charge in [-0.3, -0.25) is 9.59 Å². The molecule has 25 heavy (non-hydrogen) atoms. The molecule has 0 heterocycles. The number of carbonyl (C=O) groups is 2. The second kappa shape index (κ2) is 7.28. The predicted molar refractivity (Wildman–Crippen MR) is 95.7 cm³/mol. The Balaban J connectivity index is 1.92. The van der Waals surface area contributed by atoms with Crippen molar-refractivity contribution >= 4 is 29.0 Å². The summed E-state index contributed by atoms with van der Waals surface area (Å²) in [5.41, 5.74) is 1.26. The first-order valence-corrected chi connectivity index (χ1v) is 7.89. The van der Waals surface area contributed by atoms with Crippen molar-refractivity contribution in [2.24, 2.45) is 0 Å². The molecule has 0 saturated carbocycles. The van der Waals surface area contributed by atoms with Gasteiger partial charge in [0.2, 0.25) is 0 Å². The van der Waals surface area contributed by atoms with Gasteiger partial charge in [-0.25, -0.2) is 4.39 Å². The van der Waals surface area contributed by atoms with Crippen molar-refractivity contribution in [3.63, 3.8) is 0 Å². The van der Waals surface area contributed by atoms with Crippen molar-refractivity contribution in [2.75, 3.05) is 5.32 Å². The summed E-state index contributed by atoms with van der Waals surface area (Å²) in [6, 6.07) is 18.9. The van der Waals surface area contributed by atoms with Gasteiger partial charge < -0.3 is 5.32 Å². The molecule has 3 aromatic rings. The van der Waals surface area contributed by atoms with Gasteiger partial charge in [-0.2, -0.15) is 0 Å². The maximum Gasteiger partial charge on any atom is 0.256 e. The molecule has 0 saturated heterocycles. The Morgan fingerprint density at radius 2 is 1.48 bits per heavy atom. The van der Waals surface area contributed by atoms with Gasteiger partial charge in [0.05, 0.1) is 16.3 Å². The first-order valence-electron chi connectivity index (χ1n) is 7.51. The van der Waals surface area contributed by atoms with Crippen LogP contribution >= 0.6 is 11.6 Å². The van der Waals surface area contributed by atoms with Gasteiger partial charge in [-0.15, -0.1) is 0 Å². The fraction of sp³-hybridized carbons (Fsp3) is 0. The zero-order chi connectivity index (χ0) is 17.8. The molecule has 3 rings (SSSR count). The van der Waals surface area contributed by atoms with E-state index in [4.69, 9.17) is 11.6 Å². The molecule has 0 unspecified atom stereocenters. The van der Waals surface area contributed by atoms with E-state index >= 15 is 0 Å². The van der Waals surface area contributed by atoms with Crippen molar-refractivity contribution in [3.8, 4) is 0 Å². The number of hydrogen-bond donors (Lipinski definition) is 1. The number of amides is 1. The molecular formula is C20H13ClFNO2. The molecule has 0 aromatic heterocycles. The molecule has 3 nitrogen and oxygen atoms in total. The van der Waals surface area contributed by atoms with Crippen molar-refractivity contribution in [1.29, 1.82) is 0 Å². The summed E-state index contributed by atoms with van der Waals surface area (Å²) in [7, 11) is 0. The maximum atomic E-state index is 13.1. The molecule has 0 fully saturated rings. The van der Waals surface area contributed by atoms with Crippen LogP contribution in [0.1, 0.15) is 26.3 Å². The molecule has 5 heteroatoms. The third-order valence-electron chi connectivity index (χ3n) is 3.63. The minimum absolute atomic E-state index is 0.0835. The van der Waals surface area contributed by atoms with Crippen molar-refractivity contribution in [1.82, 2.24) is 0 Å². The van der Waals surface area contributed by atoms with E-state index in [1.54, 1.807) is 48.5 Å². The summed E-state index contributed by atoms with van der Waals surface area (Å²) >= 11 is 5.94. The second-order valence-corrected chi connectivity index (χ2v) is 5.73. The zero-order valence-corrected chi connectivity index (χ0v) is 13.8. The predicted octanol–water partition coefficient (Wildman–Crippen LogP) is 4.96. The maximum absolute atomic E-state index is 13.1. The van der Waals surface area contributed by atoms with E-state index in [2.05, 4.69) is 5.32 Å². The molecule has 1 amide bonds. The molecule has 0 atom stereocenters. The normalized spacial score (nSPS) is 10.3. The fourth-order valence-corrected chi connectivity index (χ4v) is 2.62. The summed E-state index contributed by atoms with van der Waals surface area (Å²) < 4.78 is 13.1. The van der Waals surface area contributed by atoms with Crippen LogP contribution in [0.2, 0.25) is 5.02 Å². The largest absolute Gasteiger partial charge is 0.321 e. The topological polar surface area (TPSA) is 46.2 Å². The van der Waals surface area contributed by atoms with Gasteiger partial charge in [0.15, 0.2) is 5.78 Å². The SMILES string of the molecule is O=C(Nc1ccc(F)cc1Cl)c1ccccc1C(=O)c1ccccc1. The van der Waals surface area contributed by atoms with Crippen LogP contribution in [0.4, 0.5) is 10.1 Å². The lowest BCUT2D eigenvalue weighted by Gasteiger charge is -2.11. The Bertz CT molecular complexity index is 941. The Labute approximate surface area is 149 Å². The van der Waals surface area contributed by atoms with Crippen LogP contribution in [0, 0.1) is 5.82 Å². The summed E-state index contributed by atoms with van der Waals surface area (Å²) in [6.45, 7) is 0. The van der Waals surface area contributed by atoms with E-state index in [0.29, 0.717) is 5.56 Å². The Hall–Kier alpha value is -2.98. The number of halogens is 2. The molecule has 3 aromatic carbocycles. The molecule has 124 valence electrons. The number of hydrogen-bond acceptors (Lipinski definition) is 2. The highest BCUT2D eigenvalue weighted by molar-refractivity contribution is 6.34. The van der Waals surface area contributed by atoms with E-state index in [9.17, 15) is 14.0 Å². The minimum atomic E-state index is -0.498. The highest BCUT2D eigenvalue weighted by Crippen LogP contribution is 2.24. The molecule has 0 aliphatic rings. The Kier molecular flexibility index (Phi) is 4.91. The third kappa shape index (κ3) is 3.75. The van der Waals surface area contributed by atoms with Crippen LogP contribution in [0.3, 0.4) is 0 Å². The van der Waals surface area contributed by atoms with Crippen LogP contribution in [0.25, 0.3) is 0 Å². The quantitative estimate of drug-likeness (QED) is 0.674. The lowest BCUT2D eigenvalue weighted by molar-refractivity contribution is 0.0996. The highest BCUT2D eigenvalue weighted by atomic mass is 35.5. The van der Waals surface area contributed by atoms with E-state index in [-0.39, 0.29) is 27.6 Å². The molecule has 0 bridgehead atoms. The molecule has 0 spiro atoms. The van der Waals surface area contributed by atoms with E-state index in [1.165, 1.54) is 12.1 Å². The lowest BCUT2D eigenvalue weighted by atomic mass is 9.98. The Morgan fingerprint density at radius 3 is 2.16 bits per heavy atom. The Morgan fingerprint density at radius 1 is 0.840 bits per heavy atom. The lowest BCUT2D eigenvalue weighted by Crippen LogP contribution is -2.17. The summed E-state index contributed by atoms with van der Waals surface area (Å²) in [4.78, 5) is 25.3. The van der Waals surface area contributed by atoms with Crippen LogP contribution in [0.15, 0.2) is 72.8 Å². The number of nitrogens with one attached hydrogen (secondary N) is 1. The number of anilines is 1. The smallest absolute Gasteiger partial charge is 0.256 e. The van der Waals surface area contributed by atoms with Crippen LogP contribution in [-0.4, -0.2) is 11.7 Å². The van der Waals surface area contributed by atoms with Crippen LogP contribution in [-0.2, 0) is 0 Å². The van der Waals surface area contributed by atoms with Crippen LogP contribution in [0.5, 0.6) is 0 Å². The summed E-state index contributed by atoms with van der Waals surface area (Å²) in [6.07, 6.45) is 0. The molecule has 0 radical (unpaired) electrons. The van der Waals surface area contributed by atoms with Crippen LogP contribution < -0.4 is 5.32 Å². The molecule has 0 aliphatic heterocycles. The molecule has 0 aliphatic carbocycles. The van der Waals surface area contributed by atoms with Gasteiger partial charge in [0.25, 0.3) is 5.91 Å². The van der Waals surface area contributed by atoms with Crippen molar-refractivity contribution in [3.05, 3.63) is 100 Å². The summed E-state index contributed by atoms with van der Waals surface area (Å²) in [5.74, 6) is -1.24. The first-order chi connectivity index (χ1) is 12.1. The molecular weight excluding hydrogens is 341 g/mol. The van der Waals surface area contributed by atoms with Crippen molar-refractivity contribution in [2.45, 2.75) is 0 Å². The van der Waals surface area contributed by atoms with E-state index < -0.39 is 11.7 Å². The zero-order valence-electron chi connectivity index (χ0n) is 13.0. The average molecular weight is 354 g/mol. The second-order valence-electron chi connectivity index (χ2n) is 5.32. The van der Waals surface area contributed by atoms with Gasteiger partial charge in [-0.05, 0) is 24.3 Å². The summed E-state index contributed by atoms with van der Waals surface area (Å²) in [5, 5.41) is 2.69. The first kappa shape index (κ1) is 16.9. The van der Waals surface area contributed by atoms with Crippen molar-refractivity contribution < 1.29 is 14.0 Å². The van der Waals surface area contributed by atoms with Gasteiger partial charge >= 0.3 is 0 Å². The number of benzene rings is 3. The third-order valence-corrected chi connectivity index (χ3v) is 3.94. The standard InChI is InChI=1S/C20H13ClFNO2/c21-17-12-14(22)10-11-18(17)23-20(25)16-9-5-4-8-15(16)19(24)13-6-2-1-3-7-13/h1-12H,(H,23,25). The fourth-order valence-electron chi connectivity index (χ4n) is 2.40. The molecule has 1 N–H and O–H groups in total. The van der Waals surface area contributed by atoms with E-state index in [0.717, 1.165) is 6.07 Å². The number of carbonyl (C=O) groups excluding carboxylic acids is 2. The average Bonchev–Trinajstić information content (AvgIpc) is 2.64. The highest BCUT2D eigenvalue weighted by Gasteiger charge is 2.18.